The van der Waals surface area contributed by atoms with Crippen LogP contribution in [0.3, 0.4) is 0 Å². The highest BCUT2D eigenvalue weighted by atomic mass is 79.9. The maximum atomic E-state index is 6.24. The molecule has 0 saturated heterocycles. The number of thiophene rings is 1. The van der Waals surface area contributed by atoms with E-state index < -0.39 is 0 Å². The maximum Gasteiger partial charge on any atom is 0.0738 e. The zero-order valence-electron chi connectivity index (χ0n) is 10.7. The molecule has 0 amide bonds. The van der Waals surface area contributed by atoms with Crippen molar-refractivity contribution in [3.8, 4) is 0 Å². The van der Waals surface area contributed by atoms with Gasteiger partial charge in [0.15, 0.2) is 0 Å². The summed E-state index contributed by atoms with van der Waals surface area (Å²) in [5, 5.41) is 6.59. The largest absolute Gasteiger partial charge is 0.327 e. The Kier molecular flexibility index (Phi) is 4.59. The zero-order chi connectivity index (χ0) is 13.1. The summed E-state index contributed by atoms with van der Waals surface area (Å²) in [6.07, 6.45) is 1.78. The molecular weight excluding hydrogens is 310 g/mol. The molecule has 5 heteroatoms. The Hall–Kier alpha value is -0.650. The van der Waals surface area contributed by atoms with E-state index in [9.17, 15) is 0 Å². The van der Waals surface area contributed by atoms with Gasteiger partial charge in [-0.25, -0.2) is 0 Å². The normalized spacial score (nSPS) is 12.9. The highest BCUT2D eigenvalue weighted by Gasteiger charge is 2.15. The van der Waals surface area contributed by atoms with Crippen LogP contribution in [0.2, 0.25) is 0 Å². The molecule has 0 radical (unpaired) electrons. The standard InChI is InChI=1S/C13H18BrN3S/c1-3-17-12(13(14)9(2)16-17)8-10(15)7-11-5-4-6-18-11/h4-6,10H,3,7-8,15H2,1-2H3. The number of hydrogen-bond donors (Lipinski definition) is 1. The van der Waals surface area contributed by atoms with Crippen LogP contribution in [0.15, 0.2) is 22.0 Å². The number of nitrogens with zero attached hydrogens (tertiary/aromatic N) is 2. The third-order valence-electron chi connectivity index (χ3n) is 2.95. The minimum atomic E-state index is 0.140. The van der Waals surface area contributed by atoms with Crippen LogP contribution in [-0.2, 0) is 19.4 Å². The molecule has 98 valence electrons. The summed E-state index contributed by atoms with van der Waals surface area (Å²) in [6.45, 7) is 5.01. The first-order valence-corrected chi connectivity index (χ1v) is 7.78. The fraction of sp³-hybridized carbons (Fsp3) is 0.462. The molecule has 0 spiro atoms. The van der Waals surface area contributed by atoms with E-state index in [2.05, 4.69) is 45.5 Å². The molecular formula is C13H18BrN3S. The monoisotopic (exact) mass is 327 g/mol. The van der Waals surface area contributed by atoms with Crippen LogP contribution in [0.5, 0.6) is 0 Å². The Balaban J connectivity index is 2.09. The molecule has 2 rings (SSSR count). The van der Waals surface area contributed by atoms with Crippen LogP contribution in [0.4, 0.5) is 0 Å². The number of aromatic nitrogens is 2. The lowest BCUT2D eigenvalue weighted by Gasteiger charge is -2.12. The smallest absolute Gasteiger partial charge is 0.0738 e. The van der Waals surface area contributed by atoms with Crippen molar-refractivity contribution in [3.05, 3.63) is 38.3 Å². The summed E-state index contributed by atoms with van der Waals surface area (Å²) >= 11 is 5.38. The van der Waals surface area contributed by atoms with Gasteiger partial charge in [0.05, 0.1) is 15.9 Å². The molecule has 0 aliphatic rings. The van der Waals surface area contributed by atoms with Crippen LogP contribution < -0.4 is 5.73 Å². The Morgan fingerprint density at radius 2 is 2.28 bits per heavy atom. The van der Waals surface area contributed by atoms with Crippen molar-refractivity contribution in [3.63, 3.8) is 0 Å². The fourth-order valence-corrected chi connectivity index (χ4v) is 3.32. The van der Waals surface area contributed by atoms with Gasteiger partial charge in [-0.3, -0.25) is 4.68 Å². The molecule has 3 nitrogen and oxygen atoms in total. The molecule has 0 aliphatic heterocycles. The van der Waals surface area contributed by atoms with Crippen molar-refractivity contribution >= 4 is 27.3 Å². The van der Waals surface area contributed by atoms with Crippen LogP contribution in [0.25, 0.3) is 0 Å². The predicted octanol–water partition coefficient (Wildman–Crippen LogP) is 3.15. The van der Waals surface area contributed by atoms with Gasteiger partial charge in [-0.1, -0.05) is 6.07 Å². The van der Waals surface area contributed by atoms with E-state index in [0.717, 1.165) is 29.6 Å². The molecule has 2 aromatic heterocycles. The Labute approximate surface area is 120 Å². The van der Waals surface area contributed by atoms with Crippen molar-refractivity contribution in [2.45, 2.75) is 39.3 Å². The van der Waals surface area contributed by atoms with Gasteiger partial charge in [-0.15, -0.1) is 11.3 Å². The van der Waals surface area contributed by atoms with E-state index in [4.69, 9.17) is 5.73 Å². The molecule has 1 unspecified atom stereocenters. The van der Waals surface area contributed by atoms with E-state index in [1.165, 1.54) is 10.6 Å². The first kappa shape index (κ1) is 13.8. The lowest BCUT2D eigenvalue weighted by Crippen LogP contribution is -2.26. The average Bonchev–Trinajstić information content (AvgIpc) is 2.92. The number of nitrogens with two attached hydrogens (primary N) is 1. The van der Waals surface area contributed by atoms with E-state index in [1.807, 2.05) is 11.6 Å². The SMILES string of the molecule is CCn1nc(C)c(Br)c1CC(N)Cc1cccs1. The minimum Gasteiger partial charge on any atom is -0.327 e. The number of rotatable bonds is 5. The van der Waals surface area contributed by atoms with Gasteiger partial charge in [-0.05, 0) is 47.6 Å². The Bertz CT molecular complexity index is 505. The summed E-state index contributed by atoms with van der Waals surface area (Å²) in [5.74, 6) is 0. The van der Waals surface area contributed by atoms with E-state index in [1.54, 1.807) is 11.3 Å². The molecule has 0 aliphatic carbocycles. The van der Waals surface area contributed by atoms with Crippen molar-refractivity contribution < 1.29 is 0 Å². The van der Waals surface area contributed by atoms with E-state index >= 15 is 0 Å². The first-order valence-electron chi connectivity index (χ1n) is 6.11. The zero-order valence-corrected chi connectivity index (χ0v) is 13.1. The van der Waals surface area contributed by atoms with Crippen LogP contribution in [0.1, 0.15) is 23.2 Å². The van der Waals surface area contributed by atoms with Gasteiger partial charge in [0.25, 0.3) is 0 Å². The summed E-state index contributed by atoms with van der Waals surface area (Å²) in [4.78, 5) is 1.35. The average molecular weight is 328 g/mol. The van der Waals surface area contributed by atoms with Gasteiger partial charge in [0.1, 0.15) is 0 Å². The van der Waals surface area contributed by atoms with Crippen molar-refractivity contribution in [1.29, 1.82) is 0 Å². The highest BCUT2D eigenvalue weighted by Crippen LogP contribution is 2.23. The second-order valence-corrected chi connectivity index (χ2v) is 6.23. The molecule has 2 N–H and O–H groups in total. The van der Waals surface area contributed by atoms with E-state index in [-0.39, 0.29) is 6.04 Å². The Morgan fingerprint density at radius 1 is 1.50 bits per heavy atom. The maximum absolute atomic E-state index is 6.24. The molecule has 1 atom stereocenters. The van der Waals surface area contributed by atoms with Gasteiger partial charge in [0.2, 0.25) is 0 Å². The molecule has 2 aromatic rings. The van der Waals surface area contributed by atoms with Crippen LogP contribution in [0, 0.1) is 6.92 Å². The van der Waals surface area contributed by atoms with Crippen molar-refractivity contribution in [2.24, 2.45) is 5.73 Å². The van der Waals surface area contributed by atoms with Gasteiger partial charge in [-0.2, -0.15) is 5.10 Å². The van der Waals surface area contributed by atoms with Gasteiger partial charge in [0, 0.05) is 23.9 Å². The molecule has 0 fully saturated rings. The topological polar surface area (TPSA) is 43.8 Å². The quantitative estimate of drug-likeness (QED) is 0.916. The number of hydrogen-bond acceptors (Lipinski definition) is 3. The van der Waals surface area contributed by atoms with Crippen LogP contribution >= 0.6 is 27.3 Å². The second kappa shape index (κ2) is 5.99. The molecule has 2 heterocycles. The first-order chi connectivity index (χ1) is 8.61. The minimum absolute atomic E-state index is 0.140. The Morgan fingerprint density at radius 3 is 2.89 bits per heavy atom. The van der Waals surface area contributed by atoms with Crippen molar-refractivity contribution in [2.75, 3.05) is 0 Å². The van der Waals surface area contributed by atoms with Crippen molar-refractivity contribution in [1.82, 2.24) is 9.78 Å². The van der Waals surface area contributed by atoms with E-state index in [0.29, 0.717) is 0 Å². The third-order valence-corrected chi connectivity index (χ3v) is 4.88. The van der Waals surface area contributed by atoms with Gasteiger partial charge >= 0.3 is 0 Å². The predicted molar refractivity (Wildman–Crippen MR) is 80.0 cm³/mol. The summed E-state index contributed by atoms with van der Waals surface area (Å²) in [5.41, 5.74) is 8.49. The fourth-order valence-electron chi connectivity index (χ4n) is 2.07. The second-order valence-electron chi connectivity index (χ2n) is 4.41. The number of aryl methyl sites for hydroxylation is 2. The van der Waals surface area contributed by atoms with Gasteiger partial charge < -0.3 is 5.73 Å². The lowest BCUT2D eigenvalue weighted by molar-refractivity contribution is 0.575. The summed E-state index contributed by atoms with van der Waals surface area (Å²) in [6, 6.07) is 4.35. The highest BCUT2D eigenvalue weighted by molar-refractivity contribution is 9.10. The third kappa shape index (κ3) is 3.02. The molecule has 0 bridgehead atoms. The summed E-state index contributed by atoms with van der Waals surface area (Å²) in [7, 11) is 0. The molecule has 18 heavy (non-hydrogen) atoms. The molecule has 0 saturated carbocycles. The molecule has 0 aromatic carbocycles. The lowest BCUT2D eigenvalue weighted by atomic mass is 10.1. The van der Waals surface area contributed by atoms with Crippen LogP contribution in [-0.4, -0.2) is 15.8 Å². The summed E-state index contributed by atoms with van der Waals surface area (Å²) < 4.78 is 3.14. The number of halogens is 1.